The summed E-state index contributed by atoms with van der Waals surface area (Å²) in [6.45, 7) is 15.6. The van der Waals surface area contributed by atoms with E-state index in [4.69, 9.17) is 32.7 Å². The van der Waals surface area contributed by atoms with E-state index in [1.165, 1.54) is 6.33 Å². The second-order valence-electron chi connectivity index (χ2n) is 10.1. The summed E-state index contributed by atoms with van der Waals surface area (Å²) in [5.74, 6) is -0.425. The van der Waals surface area contributed by atoms with E-state index in [1.807, 2.05) is 46.1 Å². The van der Waals surface area contributed by atoms with Crippen LogP contribution in [0.15, 0.2) is 12.7 Å². The zero-order chi connectivity index (χ0) is 27.7. The molecule has 0 N–H and O–H groups in total. The molecule has 2 aromatic heterocycles. The van der Waals surface area contributed by atoms with Gasteiger partial charge in [0.15, 0.2) is 28.5 Å². The van der Waals surface area contributed by atoms with E-state index in [9.17, 15) is 4.57 Å². The molecule has 2 fully saturated rings. The van der Waals surface area contributed by atoms with Crippen molar-refractivity contribution in [2.75, 3.05) is 19.8 Å². The zero-order valence-corrected chi connectivity index (χ0v) is 24.5. The van der Waals surface area contributed by atoms with E-state index in [2.05, 4.69) is 15.0 Å². The van der Waals surface area contributed by atoms with Gasteiger partial charge < -0.3 is 32.7 Å². The first-order chi connectivity index (χ1) is 18.0. The summed E-state index contributed by atoms with van der Waals surface area (Å²) in [6.07, 6.45) is 1.89. The van der Waals surface area contributed by atoms with Gasteiger partial charge in [0, 0.05) is 0 Å². The normalized spacial score (nSPS) is 25.4. The number of fused-ring (bicyclic) bond motifs is 2. The van der Waals surface area contributed by atoms with E-state index >= 15 is 0 Å². The Morgan fingerprint density at radius 1 is 1.05 bits per heavy atom. The number of rotatable bonds is 13. The first kappa shape index (κ1) is 29.3. The Morgan fingerprint density at radius 2 is 1.71 bits per heavy atom. The molecule has 0 aromatic carbocycles. The predicted molar refractivity (Wildman–Crippen MR) is 139 cm³/mol. The van der Waals surface area contributed by atoms with Gasteiger partial charge in [-0.1, -0.05) is 13.8 Å². The standard InChI is InChI=1S/C25H41N4O8P/c1-9-25(10-2,38(30,32-11-3)33-12-4)31-13-17-19-20(37-24(7,8)36-19)23(35-17)29-15-28-18-21(29)26-14-27-22(18)34-16(5)6/h14-17,19-20,23H,9-13H2,1-8H3/t17-,19-,20-,23-/m1/s1. The molecule has 2 saturated heterocycles. The van der Waals surface area contributed by atoms with Crippen molar-refractivity contribution in [2.45, 2.75) is 110 Å². The first-order valence-corrected chi connectivity index (χ1v) is 15.0. The molecule has 13 heteroatoms. The maximum atomic E-state index is 13.8. The number of imidazole rings is 1. The summed E-state index contributed by atoms with van der Waals surface area (Å²) in [5, 5.41) is -1.12. The van der Waals surface area contributed by atoms with Gasteiger partial charge in [-0.15, -0.1) is 0 Å². The van der Waals surface area contributed by atoms with Gasteiger partial charge in [0.05, 0.1) is 32.3 Å². The van der Waals surface area contributed by atoms with Crippen LogP contribution in [0.5, 0.6) is 5.88 Å². The number of hydrogen-bond acceptors (Lipinski definition) is 11. The lowest BCUT2D eigenvalue weighted by Gasteiger charge is -2.38. The molecule has 12 nitrogen and oxygen atoms in total. The average molecular weight is 557 g/mol. The highest BCUT2D eigenvalue weighted by Gasteiger charge is 2.58. The minimum Gasteiger partial charge on any atom is -0.473 e. The third-order valence-corrected chi connectivity index (χ3v) is 9.75. The van der Waals surface area contributed by atoms with Gasteiger partial charge in [0.2, 0.25) is 5.88 Å². The van der Waals surface area contributed by atoms with Gasteiger partial charge in [0.1, 0.15) is 24.6 Å². The molecule has 0 amide bonds. The van der Waals surface area contributed by atoms with E-state index in [0.717, 1.165) is 0 Å². The van der Waals surface area contributed by atoms with Crippen LogP contribution in [-0.4, -0.2) is 74.9 Å². The number of ether oxygens (including phenoxy) is 5. The first-order valence-electron chi connectivity index (χ1n) is 13.4. The summed E-state index contributed by atoms with van der Waals surface area (Å²) >= 11 is 0. The fourth-order valence-corrected chi connectivity index (χ4v) is 7.35. The highest BCUT2D eigenvalue weighted by atomic mass is 31.2. The molecular formula is C25H41N4O8P. The Hall–Kier alpha value is -1.66. The van der Waals surface area contributed by atoms with E-state index in [-0.39, 0.29) is 25.9 Å². The van der Waals surface area contributed by atoms with Gasteiger partial charge in [0.25, 0.3) is 0 Å². The minimum absolute atomic E-state index is 0.0685. The van der Waals surface area contributed by atoms with Crippen LogP contribution in [0.1, 0.15) is 74.5 Å². The third-order valence-electron chi connectivity index (χ3n) is 6.79. The highest BCUT2D eigenvalue weighted by Crippen LogP contribution is 2.63. The number of aromatic nitrogens is 4. The maximum Gasteiger partial charge on any atom is 0.362 e. The molecule has 0 radical (unpaired) electrons. The van der Waals surface area contributed by atoms with Crippen LogP contribution < -0.4 is 4.74 Å². The average Bonchev–Trinajstić information content (AvgIpc) is 3.51. The predicted octanol–water partition coefficient (Wildman–Crippen LogP) is 4.83. The third kappa shape index (κ3) is 5.37. The molecule has 2 aliphatic heterocycles. The van der Waals surface area contributed by atoms with E-state index in [0.29, 0.717) is 29.9 Å². The SMILES string of the molecule is CCOP(=O)(OCC)C(CC)(CC)OC[C@H]1O[C@@H](n2cnc3c(OC(C)C)ncnc32)[C@@H]2OC(C)(C)O[C@@H]21. The number of nitrogens with zero attached hydrogens (tertiary/aromatic N) is 4. The van der Waals surface area contributed by atoms with Gasteiger partial charge in [-0.3, -0.25) is 9.13 Å². The van der Waals surface area contributed by atoms with Crippen molar-refractivity contribution in [2.24, 2.45) is 0 Å². The van der Waals surface area contributed by atoms with Crippen molar-refractivity contribution >= 4 is 18.8 Å². The molecule has 4 rings (SSSR count). The highest BCUT2D eigenvalue weighted by molar-refractivity contribution is 7.55. The van der Waals surface area contributed by atoms with Crippen LogP contribution in [0, 0.1) is 0 Å². The second kappa shape index (κ2) is 11.4. The largest absolute Gasteiger partial charge is 0.473 e. The van der Waals surface area contributed by atoms with Gasteiger partial charge in [-0.25, -0.2) is 9.97 Å². The number of hydrogen-bond donors (Lipinski definition) is 0. The monoisotopic (exact) mass is 556 g/mol. The van der Waals surface area contributed by atoms with E-state index in [1.54, 1.807) is 20.2 Å². The van der Waals surface area contributed by atoms with Crippen molar-refractivity contribution in [3.8, 4) is 5.88 Å². The molecule has 2 aliphatic rings. The molecule has 4 atom stereocenters. The fourth-order valence-electron chi connectivity index (χ4n) is 5.11. The topological polar surface area (TPSA) is 125 Å². The van der Waals surface area contributed by atoms with Crippen molar-refractivity contribution in [3.63, 3.8) is 0 Å². The van der Waals surface area contributed by atoms with E-state index < -0.39 is 43.3 Å². The molecule has 0 aliphatic carbocycles. The Balaban J connectivity index is 1.63. The summed E-state index contributed by atoms with van der Waals surface area (Å²) in [6, 6.07) is 0. The Labute approximate surface area is 224 Å². The van der Waals surface area contributed by atoms with Crippen molar-refractivity contribution in [1.29, 1.82) is 0 Å². The van der Waals surface area contributed by atoms with Crippen molar-refractivity contribution in [1.82, 2.24) is 19.5 Å². The van der Waals surface area contributed by atoms with Crippen LogP contribution >= 0.6 is 7.60 Å². The lowest BCUT2D eigenvalue weighted by atomic mass is 10.1. The van der Waals surface area contributed by atoms with Crippen LogP contribution in [0.2, 0.25) is 0 Å². The lowest BCUT2D eigenvalue weighted by Crippen LogP contribution is -2.39. The van der Waals surface area contributed by atoms with Crippen LogP contribution in [0.3, 0.4) is 0 Å². The van der Waals surface area contributed by atoms with Crippen LogP contribution in [-0.2, 0) is 32.6 Å². The summed E-state index contributed by atoms with van der Waals surface area (Å²) in [5.41, 5.74) is 1.09. The fraction of sp³-hybridized carbons (Fsp3) is 0.800. The maximum absolute atomic E-state index is 13.8. The Kier molecular flexibility index (Phi) is 8.83. The molecule has 4 heterocycles. The summed E-state index contributed by atoms with van der Waals surface area (Å²) < 4.78 is 58.3. The van der Waals surface area contributed by atoms with Crippen molar-refractivity contribution in [3.05, 3.63) is 12.7 Å². The molecule has 0 spiro atoms. The molecule has 2 aromatic rings. The molecule has 0 unspecified atom stereocenters. The van der Waals surface area contributed by atoms with Crippen LogP contribution in [0.4, 0.5) is 0 Å². The van der Waals surface area contributed by atoms with Gasteiger partial charge in [-0.2, -0.15) is 4.98 Å². The summed E-state index contributed by atoms with van der Waals surface area (Å²) in [7, 11) is -3.58. The second-order valence-corrected chi connectivity index (χ2v) is 12.4. The van der Waals surface area contributed by atoms with Crippen molar-refractivity contribution < 1.29 is 37.3 Å². The Bertz CT molecular complexity index is 1130. The molecule has 38 heavy (non-hydrogen) atoms. The quantitative estimate of drug-likeness (QED) is 0.315. The molecule has 0 bridgehead atoms. The Morgan fingerprint density at radius 3 is 2.32 bits per heavy atom. The minimum atomic E-state index is -3.58. The van der Waals surface area contributed by atoms with Gasteiger partial charge >= 0.3 is 7.60 Å². The summed E-state index contributed by atoms with van der Waals surface area (Å²) in [4.78, 5) is 13.2. The van der Waals surface area contributed by atoms with Gasteiger partial charge in [-0.05, 0) is 54.4 Å². The zero-order valence-electron chi connectivity index (χ0n) is 23.6. The molecule has 0 saturated carbocycles. The molecular weight excluding hydrogens is 515 g/mol. The lowest BCUT2D eigenvalue weighted by molar-refractivity contribution is -0.205. The smallest absolute Gasteiger partial charge is 0.362 e. The van der Waals surface area contributed by atoms with Crippen LogP contribution in [0.25, 0.3) is 11.2 Å². The molecule has 214 valence electrons.